The maximum absolute atomic E-state index is 12.0. The number of aryl methyl sites for hydroxylation is 2. The summed E-state index contributed by atoms with van der Waals surface area (Å²) in [7, 11) is 1.58. The summed E-state index contributed by atoms with van der Waals surface area (Å²) in [5.74, 6) is 0.503. The van der Waals surface area contributed by atoms with E-state index in [0.717, 1.165) is 36.4 Å². The van der Waals surface area contributed by atoms with Crippen molar-refractivity contribution in [3.05, 3.63) is 63.5 Å². The molecule has 152 valence electrons. The van der Waals surface area contributed by atoms with Gasteiger partial charge in [-0.3, -0.25) is 14.5 Å². The second-order valence-corrected chi connectivity index (χ2v) is 7.40. The van der Waals surface area contributed by atoms with Crippen LogP contribution in [0.4, 0.5) is 0 Å². The number of H-pyrrole nitrogens is 1. The summed E-state index contributed by atoms with van der Waals surface area (Å²) >= 11 is 0. The molecule has 0 radical (unpaired) electrons. The van der Waals surface area contributed by atoms with Gasteiger partial charge < -0.3 is 19.4 Å². The Morgan fingerprint density at radius 1 is 1.34 bits per heavy atom. The van der Waals surface area contributed by atoms with Gasteiger partial charge in [-0.05, 0) is 37.1 Å². The molecule has 1 fully saturated rings. The zero-order valence-electron chi connectivity index (χ0n) is 16.9. The smallest absolute Gasteiger partial charge is 0.269 e. The molecule has 0 bridgehead atoms. The summed E-state index contributed by atoms with van der Waals surface area (Å²) in [6.07, 6.45) is 4.77. The molecule has 0 aromatic carbocycles. The molecule has 4 heterocycles. The van der Waals surface area contributed by atoms with E-state index in [9.17, 15) is 9.59 Å². The van der Waals surface area contributed by atoms with Crippen LogP contribution in [0, 0.1) is 6.92 Å². The highest BCUT2D eigenvalue weighted by atomic mass is 16.5. The first kappa shape index (κ1) is 19.2. The quantitative estimate of drug-likeness (QED) is 0.660. The van der Waals surface area contributed by atoms with Crippen molar-refractivity contribution in [3.63, 3.8) is 0 Å². The summed E-state index contributed by atoms with van der Waals surface area (Å²) in [6, 6.07) is 5.49. The predicted octanol–water partition coefficient (Wildman–Crippen LogP) is 1.52. The first-order valence-electron chi connectivity index (χ1n) is 9.78. The second kappa shape index (κ2) is 7.71. The number of hydrogen-bond acceptors (Lipinski definition) is 5. The Morgan fingerprint density at radius 3 is 2.83 bits per heavy atom. The monoisotopic (exact) mass is 395 g/mol. The van der Waals surface area contributed by atoms with Crippen LogP contribution in [0.3, 0.4) is 0 Å². The van der Waals surface area contributed by atoms with Crippen LogP contribution in [0.25, 0.3) is 5.65 Å². The van der Waals surface area contributed by atoms with Crippen molar-refractivity contribution in [3.8, 4) is 5.75 Å². The van der Waals surface area contributed by atoms with Gasteiger partial charge in [-0.15, -0.1) is 0 Å². The average Bonchev–Trinajstić information content (AvgIpc) is 3.07. The minimum atomic E-state index is -0.207. The van der Waals surface area contributed by atoms with Crippen molar-refractivity contribution in [1.29, 1.82) is 0 Å². The van der Waals surface area contributed by atoms with E-state index >= 15 is 0 Å². The summed E-state index contributed by atoms with van der Waals surface area (Å²) in [4.78, 5) is 33.1. The number of amides is 1. The van der Waals surface area contributed by atoms with Gasteiger partial charge in [0.25, 0.3) is 11.5 Å². The molecule has 1 aliphatic rings. The summed E-state index contributed by atoms with van der Waals surface area (Å²) in [6.45, 7) is 6.26. The van der Waals surface area contributed by atoms with Gasteiger partial charge >= 0.3 is 0 Å². The van der Waals surface area contributed by atoms with Gasteiger partial charge in [-0.1, -0.05) is 6.92 Å². The lowest BCUT2D eigenvalue weighted by Gasteiger charge is -2.39. The van der Waals surface area contributed by atoms with Crippen molar-refractivity contribution in [2.24, 2.45) is 0 Å². The van der Waals surface area contributed by atoms with Gasteiger partial charge in [-0.2, -0.15) is 0 Å². The van der Waals surface area contributed by atoms with Gasteiger partial charge in [0.05, 0.1) is 5.69 Å². The Kier molecular flexibility index (Phi) is 5.10. The summed E-state index contributed by atoms with van der Waals surface area (Å²) < 4.78 is 8.01. The molecule has 0 unspecified atom stereocenters. The van der Waals surface area contributed by atoms with E-state index in [1.165, 1.54) is 0 Å². The van der Waals surface area contributed by atoms with E-state index in [4.69, 9.17) is 4.74 Å². The van der Waals surface area contributed by atoms with Crippen molar-refractivity contribution in [2.45, 2.75) is 32.9 Å². The Hall–Kier alpha value is -3.13. The largest absolute Gasteiger partial charge is 0.486 e. The van der Waals surface area contributed by atoms with Gasteiger partial charge in [0.2, 0.25) is 0 Å². The number of likely N-dealkylation sites (tertiary alicyclic amines) is 1. The third-order valence-corrected chi connectivity index (χ3v) is 5.23. The first-order chi connectivity index (χ1) is 14.0. The molecule has 4 rings (SSSR count). The molecular weight excluding hydrogens is 370 g/mol. The van der Waals surface area contributed by atoms with Crippen molar-refractivity contribution in [2.75, 3.05) is 20.1 Å². The number of pyridine rings is 1. The molecule has 3 aromatic rings. The van der Waals surface area contributed by atoms with E-state index in [1.807, 2.05) is 30.5 Å². The van der Waals surface area contributed by atoms with Crippen LogP contribution in [0.2, 0.25) is 0 Å². The molecule has 0 aliphatic carbocycles. The maximum Gasteiger partial charge on any atom is 0.269 e. The SMILES string of the molecule is CCc1cn2cc(CN3CC(Oc4ccc(C(=O)NC)nc4C)C3)cc2[nH]c1=O. The average molecular weight is 395 g/mol. The van der Waals surface area contributed by atoms with Crippen molar-refractivity contribution < 1.29 is 9.53 Å². The van der Waals surface area contributed by atoms with Crippen LogP contribution in [0.1, 0.15) is 34.2 Å². The van der Waals surface area contributed by atoms with Crippen molar-refractivity contribution in [1.82, 2.24) is 24.6 Å². The lowest BCUT2D eigenvalue weighted by Crippen LogP contribution is -2.53. The van der Waals surface area contributed by atoms with Gasteiger partial charge in [-0.25, -0.2) is 4.98 Å². The molecule has 29 heavy (non-hydrogen) atoms. The van der Waals surface area contributed by atoms with Crippen LogP contribution >= 0.6 is 0 Å². The highest BCUT2D eigenvalue weighted by Gasteiger charge is 2.29. The second-order valence-electron chi connectivity index (χ2n) is 7.40. The van der Waals surface area contributed by atoms with E-state index in [-0.39, 0.29) is 17.6 Å². The highest BCUT2D eigenvalue weighted by molar-refractivity contribution is 5.92. The fourth-order valence-electron chi connectivity index (χ4n) is 3.60. The molecule has 0 atom stereocenters. The molecule has 1 amide bonds. The first-order valence-corrected chi connectivity index (χ1v) is 9.78. The number of carbonyl (C=O) groups is 1. The number of aromatic nitrogens is 3. The number of ether oxygens (including phenoxy) is 1. The molecule has 1 saturated heterocycles. The molecule has 8 nitrogen and oxygen atoms in total. The number of carbonyl (C=O) groups excluding carboxylic acids is 1. The molecule has 2 N–H and O–H groups in total. The van der Waals surface area contributed by atoms with E-state index in [2.05, 4.69) is 26.4 Å². The van der Waals surface area contributed by atoms with Crippen LogP contribution in [-0.4, -0.2) is 51.4 Å². The zero-order chi connectivity index (χ0) is 20.5. The fourth-order valence-corrected chi connectivity index (χ4v) is 3.60. The van der Waals surface area contributed by atoms with Crippen LogP contribution < -0.4 is 15.6 Å². The molecular formula is C21H25N5O3. The number of aromatic amines is 1. The maximum atomic E-state index is 12.0. The van der Waals surface area contributed by atoms with Gasteiger partial charge in [0.15, 0.2) is 0 Å². The summed E-state index contributed by atoms with van der Waals surface area (Å²) in [5, 5.41) is 2.57. The fraction of sp³-hybridized carbons (Fsp3) is 0.381. The topological polar surface area (TPSA) is 91.7 Å². The zero-order valence-corrected chi connectivity index (χ0v) is 16.9. The minimum Gasteiger partial charge on any atom is -0.486 e. The lowest BCUT2D eigenvalue weighted by atomic mass is 10.1. The number of nitrogens with one attached hydrogen (secondary N) is 2. The molecule has 0 spiro atoms. The lowest BCUT2D eigenvalue weighted by molar-refractivity contribution is 0.0139. The van der Waals surface area contributed by atoms with Crippen LogP contribution in [-0.2, 0) is 13.0 Å². The Labute approximate surface area is 168 Å². The third kappa shape index (κ3) is 3.88. The minimum absolute atomic E-state index is 0.0199. The molecule has 8 heteroatoms. The van der Waals surface area contributed by atoms with Crippen LogP contribution in [0.15, 0.2) is 35.4 Å². The highest BCUT2D eigenvalue weighted by Crippen LogP contribution is 2.23. The molecule has 1 aliphatic heterocycles. The third-order valence-electron chi connectivity index (χ3n) is 5.23. The number of nitrogens with zero attached hydrogens (tertiary/aromatic N) is 3. The summed E-state index contributed by atoms with van der Waals surface area (Å²) in [5.41, 5.74) is 3.82. The van der Waals surface area contributed by atoms with Gasteiger partial charge in [0, 0.05) is 44.6 Å². The Bertz CT molecular complexity index is 1110. The number of rotatable bonds is 6. The number of hydrogen-bond donors (Lipinski definition) is 2. The van der Waals surface area contributed by atoms with E-state index < -0.39 is 0 Å². The van der Waals surface area contributed by atoms with Crippen LogP contribution in [0.5, 0.6) is 5.75 Å². The van der Waals surface area contributed by atoms with E-state index in [1.54, 1.807) is 19.2 Å². The Morgan fingerprint density at radius 2 is 2.14 bits per heavy atom. The van der Waals surface area contributed by atoms with Gasteiger partial charge in [0.1, 0.15) is 23.2 Å². The molecule has 3 aromatic heterocycles. The standard InChI is InChI=1S/C21H25N5O3/c1-4-15-10-26-9-14(7-19(26)24-20(15)27)8-25-11-16(12-25)29-18-6-5-17(21(28)22-3)23-13(18)2/h5-7,9-10,16H,4,8,11-12H2,1-3H3,(H,22,28)(H,24,27). The number of fused-ring (bicyclic) bond motifs is 1. The Balaban J connectivity index is 1.35. The van der Waals surface area contributed by atoms with E-state index in [0.29, 0.717) is 23.6 Å². The predicted molar refractivity (Wildman–Crippen MR) is 109 cm³/mol. The normalized spacial score (nSPS) is 14.7. The van der Waals surface area contributed by atoms with Crippen molar-refractivity contribution >= 4 is 11.6 Å². The molecule has 0 saturated carbocycles.